The van der Waals surface area contributed by atoms with Crippen LogP contribution in [0, 0.1) is 5.92 Å². The molecular formula is C13H17F3N2. The Morgan fingerprint density at radius 2 is 1.94 bits per heavy atom. The van der Waals surface area contributed by atoms with Gasteiger partial charge in [-0.2, -0.15) is 13.2 Å². The number of nitrogens with two attached hydrogens (primary N) is 1. The van der Waals surface area contributed by atoms with Crippen LogP contribution in [0.5, 0.6) is 0 Å². The van der Waals surface area contributed by atoms with Gasteiger partial charge in [0.2, 0.25) is 0 Å². The largest absolute Gasteiger partial charge is 0.418 e. The highest BCUT2D eigenvalue weighted by atomic mass is 19.4. The number of alkyl halides is 3. The third kappa shape index (κ3) is 2.61. The molecule has 100 valence electrons. The molecule has 1 saturated heterocycles. The van der Waals surface area contributed by atoms with E-state index >= 15 is 0 Å². The summed E-state index contributed by atoms with van der Waals surface area (Å²) in [5.41, 5.74) is 5.61. The molecule has 1 fully saturated rings. The van der Waals surface area contributed by atoms with Crippen LogP contribution >= 0.6 is 0 Å². The van der Waals surface area contributed by atoms with E-state index in [-0.39, 0.29) is 11.7 Å². The number of rotatable bonds is 1. The molecule has 0 saturated carbocycles. The molecule has 0 aliphatic carbocycles. The molecule has 0 aromatic heterocycles. The van der Waals surface area contributed by atoms with Gasteiger partial charge in [-0.25, -0.2) is 0 Å². The van der Waals surface area contributed by atoms with Gasteiger partial charge in [0.05, 0.1) is 5.56 Å². The Labute approximate surface area is 105 Å². The SMILES string of the molecule is CC1CCN(c2ccccc2C(F)(F)F)CC1N. The van der Waals surface area contributed by atoms with Crippen LogP contribution in [0.4, 0.5) is 18.9 Å². The third-order valence-corrected chi connectivity index (χ3v) is 3.57. The summed E-state index contributed by atoms with van der Waals surface area (Å²) in [5, 5.41) is 0. The van der Waals surface area contributed by atoms with Gasteiger partial charge in [0.15, 0.2) is 0 Å². The van der Waals surface area contributed by atoms with Crippen LogP contribution < -0.4 is 10.6 Å². The van der Waals surface area contributed by atoms with Gasteiger partial charge in [-0.05, 0) is 24.5 Å². The third-order valence-electron chi connectivity index (χ3n) is 3.57. The standard InChI is InChI=1S/C13H17F3N2/c1-9-6-7-18(8-11(9)17)12-5-3-2-4-10(12)13(14,15)16/h2-5,9,11H,6-8,17H2,1H3. The molecule has 0 amide bonds. The van der Waals surface area contributed by atoms with Gasteiger partial charge >= 0.3 is 6.18 Å². The number of piperidine rings is 1. The first-order valence-electron chi connectivity index (χ1n) is 6.06. The molecule has 1 aromatic carbocycles. The van der Waals surface area contributed by atoms with E-state index in [1.165, 1.54) is 12.1 Å². The maximum atomic E-state index is 12.9. The summed E-state index contributed by atoms with van der Waals surface area (Å²) < 4.78 is 38.8. The minimum atomic E-state index is -4.32. The normalized spacial score (nSPS) is 25.3. The highest BCUT2D eigenvalue weighted by molar-refractivity contribution is 5.55. The lowest BCUT2D eigenvalue weighted by Gasteiger charge is -2.37. The number of para-hydroxylation sites is 1. The van der Waals surface area contributed by atoms with Gasteiger partial charge in [0.1, 0.15) is 0 Å². The van der Waals surface area contributed by atoms with Gasteiger partial charge < -0.3 is 10.6 Å². The van der Waals surface area contributed by atoms with Gasteiger partial charge in [0, 0.05) is 24.8 Å². The van der Waals surface area contributed by atoms with Crippen molar-refractivity contribution in [3.8, 4) is 0 Å². The smallest absolute Gasteiger partial charge is 0.369 e. The van der Waals surface area contributed by atoms with Crippen molar-refractivity contribution in [2.24, 2.45) is 11.7 Å². The first-order chi connectivity index (χ1) is 8.39. The number of benzene rings is 1. The molecule has 0 bridgehead atoms. The molecule has 0 radical (unpaired) electrons. The van der Waals surface area contributed by atoms with E-state index in [0.717, 1.165) is 12.5 Å². The number of hydrogen-bond acceptors (Lipinski definition) is 2. The predicted molar refractivity (Wildman–Crippen MR) is 65.4 cm³/mol. The lowest BCUT2D eigenvalue weighted by atomic mass is 9.93. The Morgan fingerprint density at radius 3 is 2.56 bits per heavy atom. The van der Waals surface area contributed by atoms with Crippen molar-refractivity contribution >= 4 is 5.69 Å². The van der Waals surface area contributed by atoms with E-state index < -0.39 is 11.7 Å². The number of halogens is 3. The molecule has 0 spiro atoms. The summed E-state index contributed by atoms with van der Waals surface area (Å²) in [5.74, 6) is 0.360. The van der Waals surface area contributed by atoms with Crippen LogP contribution in [0.1, 0.15) is 18.9 Å². The van der Waals surface area contributed by atoms with Crippen LogP contribution in [-0.4, -0.2) is 19.1 Å². The predicted octanol–water partition coefficient (Wildman–Crippen LogP) is 2.88. The maximum absolute atomic E-state index is 12.9. The fourth-order valence-corrected chi connectivity index (χ4v) is 2.31. The molecule has 1 aliphatic heterocycles. The fourth-order valence-electron chi connectivity index (χ4n) is 2.31. The molecule has 1 heterocycles. The Morgan fingerprint density at radius 1 is 1.28 bits per heavy atom. The number of nitrogens with zero attached hydrogens (tertiary/aromatic N) is 1. The zero-order valence-electron chi connectivity index (χ0n) is 10.2. The first-order valence-corrected chi connectivity index (χ1v) is 6.06. The van der Waals surface area contributed by atoms with Gasteiger partial charge in [-0.3, -0.25) is 0 Å². The molecule has 1 aromatic rings. The molecule has 2 rings (SSSR count). The molecule has 2 nitrogen and oxygen atoms in total. The Kier molecular flexibility index (Phi) is 3.52. The minimum absolute atomic E-state index is 0.0694. The van der Waals surface area contributed by atoms with Crippen LogP contribution in [0.2, 0.25) is 0 Å². The molecule has 18 heavy (non-hydrogen) atoms. The second-order valence-electron chi connectivity index (χ2n) is 4.89. The molecule has 5 heteroatoms. The molecule has 2 N–H and O–H groups in total. The van der Waals surface area contributed by atoms with Gasteiger partial charge in [0.25, 0.3) is 0 Å². The summed E-state index contributed by atoms with van der Waals surface area (Å²) in [6, 6.07) is 5.62. The zero-order valence-corrected chi connectivity index (χ0v) is 10.2. The van der Waals surface area contributed by atoms with Crippen LogP contribution in [-0.2, 0) is 6.18 Å². The maximum Gasteiger partial charge on any atom is 0.418 e. The fraction of sp³-hybridized carbons (Fsp3) is 0.538. The minimum Gasteiger partial charge on any atom is -0.369 e. The summed E-state index contributed by atoms with van der Waals surface area (Å²) in [6.07, 6.45) is -3.49. The Bertz CT molecular complexity index is 417. The van der Waals surface area contributed by atoms with E-state index in [2.05, 4.69) is 0 Å². The van der Waals surface area contributed by atoms with Crippen LogP contribution in [0.15, 0.2) is 24.3 Å². The van der Waals surface area contributed by atoms with Crippen molar-refractivity contribution in [2.45, 2.75) is 25.6 Å². The lowest BCUT2D eigenvalue weighted by molar-refractivity contribution is -0.137. The van der Waals surface area contributed by atoms with Gasteiger partial charge in [-0.15, -0.1) is 0 Å². The van der Waals surface area contributed by atoms with E-state index in [9.17, 15) is 13.2 Å². The average Bonchev–Trinajstić information content (AvgIpc) is 2.32. The van der Waals surface area contributed by atoms with Crippen LogP contribution in [0.25, 0.3) is 0 Å². The Balaban J connectivity index is 2.29. The van der Waals surface area contributed by atoms with Crippen molar-refractivity contribution < 1.29 is 13.2 Å². The second-order valence-corrected chi connectivity index (χ2v) is 4.89. The molecule has 1 aliphatic rings. The van der Waals surface area contributed by atoms with E-state index in [1.54, 1.807) is 11.0 Å². The average molecular weight is 258 g/mol. The molecule has 2 atom stereocenters. The van der Waals surface area contributed by atoms with Crippen molar-refractivity contribution in [3.05, 3.63) is 29.8 Å². The zero-order chi connectivity index (χ0) is 13.3. The first kappa shape index (κ1) is 13.2. The van der Waals surface area contributed by atoms with Crippen molar-refractivity contribution in [1.29, 1.82) is 0 Å². The number of hydrogen-bond donors (Lipinski definition) is 1. The van der Waals surface area contributed by atoms with Crippen LogP contribution in [0.3, 0.4) is 0 Å². The summed E-state index contributed by atoms with van der Waals surface area (Å²) >= 11 is 0. The van der Waals surface area contributed by atoms with Crippen molar-refractivity contribution in [2.75, 3.05) is 18.0 Å². The van der Waals surface area contributed by atoms with Gasteiger partial charge in [-0.1, -0.05) is 19.1 Å². The van der Waals surface area contributed by atoms with Crippen molar-refractivity contribution in [1.82, 2.24) is 0 Å². The number of anilines is 1. The topological polar surface area (TPSA) is 29.3 Å². The monoisotopic (exact) mass is 258 g/mol. The van der Waals surface area contributed by atoms with Crippen molar-refractivity contribution in [3.63, 3.8) is 0 Å². The quantitative estimate of drug-likeness (QED) is 0.839. The molecule has 2 unspecified atom stereocenters. The Hall–Kier alpha value is -1.23. The highest BCUT2D eigenvalue weighted by Gasteiger charge is 2.35. The second kappa shape index (κ2) is 4.80. The van der Waals surface area contributed by atoms with E-state index in [4.69, 9.17) is 5.73 Å². The van der Waals surface area contributed by atoms with E-state index in [1.807, 2.05) is 6.92 Å². The lowest BCUT2D eigenvalue weighted by Crippen LogP contribution is -2.48. The summed E-state index contributed by atoms with van der Waals surface area (Å²) in [6.45, 7) is 3.15. The molecular weight excluding hydrogens is 241 g/mol. The summed E-state index contributed by atoms with van der Waals surface area (Å²) in [4.78, 5) is 1.74. The van der Waals surface area contributed by atoms with E-state index in [0.29, 0.717) is 19.0 Å². The highest BCUT2D eigenvalue weighted by Crippen LogP contribution is 2.37. The summed E-state index contributed by atoms with van der Waals surface area (Å²) in [7, 11) is 0.